The molecule has 200 valence electrons. The first-order valence-electron chi connectivity index (χ1n) is 12.2. The number of ether oxygens (including phenoxy) is 1. The highest BCUT2D eigenvalue weighted by Gasteiger charge is 2.20. The number of aromatic nitrogens is 5. The first kappa shape index (κ1) is 25.8. The molecule has 11 heteroatoms. The normalized spacial score (nSPS) is 11.2. The lowest BCUT2D eigenvalue weighted by molar-refractivity contribution is -0.116. The van der Waals surface area contributed by atoms with Gasteiger partial charge in [0.05, 0.1) is 16.7 Å². The van der Waals surface area contributed by atoms with Crippen molar-refractivity contribution in [3.63, 3.8) is 0 Å². The molecule has 0 spiro atoms. The lowest BCUT2D eigenvalue weighted by Gasteiger charge is -2.13. The maximum absolute atomic E-state index is 15.2. The fraction of sp³-hybridized carbons (Fsp3) is 0.214. The second-order valence-corrected chi connectivity index (χ2v) is 9.46. The van der Waals surface area contributed by atoms with Gasteiger partial charge in [0, 0.05) is 12.6 Å². The second kappa shape index (κ2) is 10.2. The number of imidazole rings is 1. The van der Waals surface area contributed by atoms with Gasteiger partial charge < -0.3 is 10.1 Å². The summed E-state index contributed by atoms with van der Waals surface area (Å²) in [6.45, 7) is 5.03. The van der Waals surface area contributed by atoms with Gasteiger partial charge >= 0.3 is 5.69 Å². The molecule has 0 fully saturated rings. The highest BCUT2D eigenvalue weighted by atomic mass is 19.1. The van der Waals surface area contributed by atoms with Crippen molar-refractivity contribution in [3.05, 3.63) is 93.4 Å². The van der Waals surface area contributed by atoms with E-state index >= 15 is 4.39 Å². The van der Waals surface area contributed by atoms with Crippen molar-refractivity contribution in [2.24, 2.45) is 7.05 Å². The van der Waals surface area contributed by atoms with Crippen molar-refractivity contribution >= 4 is 22.6 Å². The third-order valence-corrected chi connectivity index (χ3v) is 6.44. The van der Waals surface area contributed by atoms with Crippen LogP contribution >= 0.6 is 0 Å². The Morgan fingerprint density at radius 3 is 2.54 bits per heavy atom. The fourth-order valence-corrected chi connectivity index (χ4v) is 4.64. The van der Waals surface area contributed by atoms with Gasteiger partial charge in [-0.2, -0.15) is 5.10 Å². The zero-order chi connectivity index (χ0) is 27.8. The molecule has 2 N–H and O–H groups in total. The molecule has 0 radical (unpaired) electrons. The van der Waals surface area contributed by atoms with Crippen molar-refractivity contribution in [2.45, 2.75) is 33.9 Å². The number of anilines is 1. The van der Waals surface area contributed by atoms with Crippen molar-refractivity contribution < 1.29 is 18.3 Å². The Morgan fingerprint density at radius 1 is 1.05 bits per heavy atom. The number of aryl methyl sites for hydroxylation is 4. The average Bonchev–Trinajstić information content (AvgIpc) is 3.48. The molecule has 39 heavy (non-hydrogen) atoms. The molecule has 5 rings (SSSR count). The summed E-state index contributed by atoms with van der Waals surface area (Å²) < 4.78 is 37.9. The number of amides is 1. The van der Waals surface area contributed by atoms with Crippen molar-refractivity contribution in [1.29, 1.82) is 0 Å². The van der Waals surface area contributed by atoms with Crippen molar-refractivity contribution in [2.75, 3.05) is 5.32 Å². The number of H-pyrrole nitrogens is 1. The fourth-order valence-electron chi connectivity index (χ4n) is 4.64. The summed E-state index contributed by atoms with van der Waals surface area (Å²) in [6.07, 6.45) is 1.34. The van der Waals surface area contributed by atoms with E-state index in [1.807, 2.05) is 13.0 Å². The SMILES string of the molecule is Cc1ccc(NC(=O)Cn2c(=O)n(C)c3c(-c4cc(C)c(OCc5ncn[nH]5)c(F)c4)cc(C)cc32)c(F)c1. The first-order valence-corrected chi connectivity index (χ1v) is 12.2. The molecule has 0 saturated heterocycles. The van der Waals surface area contributed by atoms with E-state index in [-0.39, 0.29) is 24.6 Å². The Morgan fingerprint density at radius 2 is 1.85 bits per heavy atom. The minimum Gasteiger partial charge on any atom is -0.482 e. The monoisotopic (exact) mass is 532 g/mol. The van der Waals surface area contributed by atoms with E-state index < -0.39 is 23.2 Å². The van der Waals surface area contributed by atoms with Gasteiger partial charge in [-0.1, -0.05) is 6.07 Å². The number of carbonyl (C=O) groups is 1. The predicted octanol–water partition coefficient (Wildman–Crippen LogP) is 4.55. The van der Waals surface area contributed by atoms with Crippen LogP contribution in [0.3, 0.4) is 0 Å². The summed E-state index contributed by atoms with van der Waals surface area (Å²) in [4.78, 5) is 30.0. The molecule has 0 unspecified atom stereocenters. The predicted molar refractivity (Wildman–Crippen MR) is 143 cm³/mol. The molecule has 3 aromatic carbocycles. The van der Waals surface area contributed by atoms with Gasteiger partial charge in [-0.05, 0) is 79.4 Å². The largest absolute Gasteiger partial charge is 0.482 e. The Hall–Kier alpha value is -4.80. The highest BCUT2D eigenvalue weighted by molar-refractivity contribution is 5.96. The lowest BCUT2D eigenvalue weighted by Crippen LogP contribution is -2.28. The van der Waals surface area contributed by atoms with E-state index in [0.717, 1.165) is 11.1 Å². The number of halogens is 2. The van der Waals surface area contributed by atoms with E-state index in [0.29, 0.717) is 33.5 Å². The first-order chi connectivity index (χ1) is 18.6. The summed E-state index contributed by atoms with van der Waals surface area (Å²) in [7, 11) is 1.59. The van der Waals surface area contributed by atoms with Gasteiger partial charge in [0.2, 0.25) is 5.91 Å². The maximum atomic E-state index is 15.2. The average molecular weight is 533 g/mol. The Bertz CT molecular complexity index is 1750. The molecule has 0 saturated carbocycles. The third kappa shape index (κ3) is 5.02. The quantitative estimate of drug-likeness (QED) is 0.320. The van der Waals surface area contributed by atoms with Gasteiger partial charge in [0.1, 0.15) is 25.3 Å². The molecule has 0 atom stereocenters. The minimum atomic E-state index is -0.567. The number of nitrogens with zero attached hydrogens (tertiary/aromatic N) is 4. The van der Waals surface area contributed by atoms with Gasteiger partial charge in [0.25, 0.3) is 0 Å². The molecule has 0 aliphatic carbocycles. The highest BCUT2D eigenvalue weighted by Crippen LogP contribution is 2.34. The molecule has 0 aliphatic heterocycles. The van der Waals surface area contributed by atoms with Crippen LogP contribution in [0.25, 0.3) is 22.2 Å². The zero-order valence-electron chi connectivity index (χ0n) is 21.8. The topological polar surface area (TPSA) is 107 Å². The smallest absolute Gasteiger partial charge is 0.329 e. The standard InChI is InChI=1S/C28H26F2N6O3/c1-15-5-6-22(20(29)8-15)33-25(37)12-36-23-9-16(2)7-19(26(23)35(4)28(36)38)18-10-17(3)27(21(30)11-18)39-13-24-31-14-32-34-24/h5-11,14H,12-13H2,1-4H3,(H,33,37)(H,31,32,34). The van der Waals surface area contributed by atoms with Crippen LogP contribution in [-0.4, -0.2) is 30.2 Å². The van der Waals surface area contributed by atoms with Gasteiger partial charge in [-0.15, -0.1) is 0 Å². The summed E-state index contributed by atoms with van der Waals surface area (Å²) in [6, 6.07) is 11.3. The summed E-state index contributed by atoms with van der Waals surface area (Å²) in [5.74, 6) is -1.12. The van der Waals surface area contributed by atoms with Crippen LogP contribution in [0.4, 0.5) is 14.5 Å². The molecule has 0 bridgehead atoms. The number of nitrogens with one attached hydrogen (secondary N) is 2. The third-order valence-electron chi connectivity index (χ3n) is 6.44. The van der Waals surface area contributed by atoms with Crippen LogP contribution in [-0.2, 0) is 25.0 Å². The van der Waals surface area contributed by atoms with Gasteiger partial charge in [0.15, 0.2) is 17.4 Å². The van der Waals surface area contributed by atoms with E-state index in [4.69, 9.17) is 4.74 Å². The molecule has 2 heterocycles. The molecule has 1 amide bonds. The molecule has 9 nitrogen and oxygen atoms in total. The molecule has 0 aliphatic rings. The van der Waals surface area contributed by atoms with E-state index in [1.165, 1.54) is 33.7 Å². The second-order valence-electron chi connectivity index (χ2n) is 9.46. The van der Waals surface area contributed by atoms with Crippen molar-refractivity contribution in [3.8, 4) is 16.9 Å². The summed E-state index contributed by atoms with van der Waals surface area (Å²) in [5, 5.41) is 8.95. The number of rotatable bonds is 7. The van der Waals surface area contributed by atoms with Crippen LogP contribution in [0.15, 0.2) is 53.6 Å². The Balaban J connectivity index is 1.51. The Labute approximate surface area is 222 Å². The number of carbonyl (C=O) groups excluding carboxylic acids is 1. The van der Waals surface area contributed by atoms with Crippen LogP contribution in [0.2, 0.25) is 0 Å². The van der Waals surface area contributed by atoms with Crippen LogP contribution in [0.5, 0.6) is 5.75 Å². The van der Waals surface area contributed by atoms with Crippen LogP contribution in [0.1, 0.15) is 22.5 Å². The molecular weight excluding hydrogens is 506 g/mol. The molecular formula is C28H26F2N6O3. The minimum absolute atomic E-state index is 0.0255. The maximum Gasteiger partial charge on any atom is 0.329 e. The molecule has 5 aromatic rings. The van der Waals surface area contributed by atoms with Gasteiger partial charge in [-0.3, -0.25) is 19.0 Å². The molecule has 2 aromatic heterocycles. The zero-order valence-corrected chi connectivity index (χ0v) is 21.8. The lowest BCUT2D eigenvalue weighted by atomic mass is 9.99. The summed E-state index contributed by atoms with van der Waals surface area (Å²) in [5.41, 5.74) is 3.90. The van der Waals surface area contributed by atoms with Gasteiger partial charge in [-0.25, -0.2) is 18.6 Å². The van der Waals surface area contributed by atoms with E-state index in [1.54, 1.807) is 39.1 Å². The van der Waals surface area contributed by atoms with E-state index in [9.17, 15) is 14.0 Å². The summed E-state index contributed by atoms with van der Waals surface area (Å²) >= 11 is 0. The number of hydrogen-bond acceptors (Lipinski definition) is 5. The Kier molecular flexibility index (Phi) is 6.73. The number of benzene rings is 3. The van der Waals surface area contributed by atoms with Crippen molar-refractivity contribution in [1.82, 2.24) is 24.3 Å². The van der Waals surface area contributed by atoms with Crippen LogP contribution in [0, 0.1) is 32.4 Å². The van der Waals surface area contributed by atoms with Crippen LogP contribution < -0.4 is 15.7 Å². The number of hydrogen-bond donors (Lipinski definition) is 2. The number of aromatic amines is 1. The number of fused-ring (bicyclic) bond motifs is 1. The van der Waals surface area contributed by atoms with E-state index in [2.05, 4.69) is 20.5 Å².